The lowest BCUT2D eigenvalue weighted by atomic mass is 10.1. The summed E-state index contributed by atoms with van der Waals surface area (Å²) < 4.78 is 13.8. The Morgan fingerprint density at radius 1 is 1.12 bits per heavy atom. The minimum Gasteiger partial charge on any atom is -0.497 e. The molecule has 136 valence electrons. The van der Waals surface area contributed by atoms with E-state index in [1.165, 1.54) is 11.3 Å². The molecule has 0 N–H and O–H groups in total. The highest BCUT2D eigenvalue weighted by Gasteiger charge is 2.08. The number of thiazole rings is 1. The summed E-state index contributed by atoms with van der Waals surface area (Å²) in [5, 5.41) is 0. The van der Waals surface area contributed by atoms with Crippen molar-refractivity contribution >= 4 is 27.5 Å². The van der Waals surface area contributed by atoms with Gasteiger partial charge in [0.15, 0.2) is 4.80 Å². The van der Waals surface area contributed by atoms with Crippen LogP contribution in [0.4, 0.5) is 0 Å². The molecule has 1 aromatic heterocycles. The van der Waals surface area contributed by atoms with Gasteiger partial charge in [-0.3, -0.25) is 4.79 Å². The minimum atomic E-state index is -0.158. The van der Waals surface area contributed by atoms with Crippen LogP contribution in [0.15, 0.2) is 47.5 Å². The first-order valence-corrected chi connectivity index (χ1v) is 9.43. The van der Waals surface area contributed by atoms with Crippen molar-refractivity contribution in [3.63, 3.8) is 0 Å². The van der Waals surface area contributed by atoms with E-state index in [-0.39, 0.29) is 12.3 Å². The second kappa shape index (κ2) is 8.19. The number of benzene rings is 2. The lowest BCUT2D eigenvalue weighted by molar-refractivity contribution is -0.117. The van der Waals surface area contributed by atoms with Crippen LogP contribution in [0.1, 0.15) is 19.4 Å². The van der Waals surface area contributed by atoms with Crippen molar-refractivity contribution in [3.8, 4) is 11.5 Å². The number of carbonyl (C=O) groups is 1. The second-order valence-electron chi connectivity index (χ2n) is 5.72. The molecule has 0 saturated carbocycles. The van der Waals surface area contributed by atoms with Crippen molar-refractivity contribution in [2.24, 2.45) is 4.99 Å². The van der Waals surface area contributed by atoms with Crippen molar-refractivity contribution in [1.82, 2.24) is 4.57 Å². The van der Waals surface area contributed by atoms with Gasteiger partial charge in [-0.15, -0.1) is 0 Å². The van der Waals surface area contributed by atoms with Crippen LogP contribution < -0.4 is 14.3 Å². The van der Waals surface area contributed by atoms with Gasteiger partial charge >= 0.3 is 0 Å². The lowest BCUT2D eigenvalue weighted by Crippen LogP contribution is -2.16. The summed E-state index contributed by atoms with van der Waals surface area (Å²) >= 11 is 1.50. The Balaban J connectivity index is 1.87. The van der Waals surface area contributed by atoms with Crippen LogP contribution in [0.25, 0.3) is 10.2 Å². The van der Waals surface area contributed by atoms with Crippen LogP contribution in [0.5, 0.6) is 11.5 Å². The molecular formula is C20H22N2O3S. The average molecular weight is 370 g/mol. The maximum Gasteiger partial charge on any atom is 0.252 e. The predicted molar refractivity (Wildman–Crippen MR) is 104 cm³/mol. The molecule has 0 radical (unpaired) electrons. The smallest absolute Gasteiger partial charge is 0.252 e. The molecule has 0 fully saturated rings. The standard InChI is InChI=1S/C20H22N2O3S/c1-4-22-17-11-10-16(24-3)13-18(17)26-20(22)21-19(23)12-14-6-8-15(9-7-14)25-5-2/h6-11,13H,4-5,12H2,1-3H3. The molecule has 2 aromatic carbocycles. The second-order valence-corrected chi connectivity index (χ2v) is 6.73. The van der Waals surface area contributed by atoms with E-state index < -0.39 is 0 Å². The molecular weight excluding hydrogens is 348 g/mol. The zero-order chi connectivity index (χ0) is 18.5. The Morgan fingerprint density at radius 3 is 2.50 bits per heavy atom. The molecule has 0 unspecified atom stereocenters. The van der Waals surface area contributed by atoms with Crippen LogP contribution in [-0.4, -0.2) is 24.2 Å². The van der Waals surface area contributed by atoms with E-state index in [2.05, 4.69) is 9.56 Å². The van der Waals surface area contributed by atoms with Gasteiger partial charge in [-0.05, 0) is 49.7 Å². The SMILES string of the molecule is CCOc1ccc(CC(=O)N=c2sc3cc(OC)ccc3n2CC)cc1. The predicted octanol–water partition coefficient (Wildman–Crippen LogP) is 3.80. The zero-order valence-corrected chi connectivity index (χ0v) is 16.0. The van der Waals surface area contributed by atoms with Gasteiger partial charge in [0.25, 0.3) is 5.91 Å². The summed E-state index contributed by atoms with van der Waals surface area (Å²) in [7, 11) is 1.65. The van der Waals surface area contributed by atoms with Crippen LogP contribution in [-0.2, 0) is 17.8 Å². The molecule has 0 saturated heterocycles. The molecule has 0 aliphatic carbocycles. The Bertz CT molecular complexity index is 971. The number of hydrogen-bond acceptors (Lipinski definition) is 4. The van der Waals surface area contributed by atoms with Crippen molar-refractivity contribution in [3.05, 3.63) is 52.8 Å². The molecule has 0 atom stereocenters. The van der Waals surface area contributed by atoms with Gasteiger partial charge in [0.05, 0.1) is 30.4 Å². The lowest BCUT2D eigenvalue weighted by Gasteiger charge is -2.03. The molecule has 6 heteroatoms. The van der Waals surface area contributed by atoms with Crippen LogP contribution >= 0.6 is 11.3 Å². The van der Waals surface area contributed by atoms with E-state index in [0.29, 0.717) is 11.4 Å². The number of amides is 1. The van der Waals surface area contributed by atoms with Gasteiger partial charge in [0.1, 0.15) is 11.5 Å². The molecule has 3 rings (SSSR count). The van der Waals surface area contributed by atoms with E-state index >= 15 is 0 Å². The summed E-state index contributed by atoms with van der Waals surface area (Å²) in [6.45, 7) is 5.37. The van der Waals surface area contributed by atoms with Crippen molar-refractivity contribution in [2.45, 2.75) is 26.8 Å². The first-order valence-electron chi connectivity index (χ1n) is 8.61. The molecule has 0 spiro atoms. The van der Waals surface area contributed by atoms with Crippen molar-refractivity contribution in [2.75, 3.05) is 13.7 Å². The fraction of sp³-hybridized carbons (Fsp3) is 0.300. The average Bonchev–Trinajstić information content (AvgIpc) is 2.99. The number of ether oxygens (including phenoxy) is 2. The zero-order valence-electron chi connectivity index (χ0n) is 15.2. The number of methoxy groups -OCH3 is 1. The summed E-state index contributed by atoms with van der Waals surface area (Å²) in [4.78, 5) is 17.5. The number of rotatable bonds is 6. The Hall–Kier alpha value is -2.60. The summed E-state index contributed by atoms with van der Waals surface area (Å²) in [6, 6.07) is 13.5. The summed E-state index contributed by atoms with van der Waals surface area (Å²) in [5.74, 6) is 1.45. The first kappa shape index (κ1) is 18.2. The van der Waals surface area contributed by atoms with E-state index in [1.54, 1.807) is 7.11 Å². The van der Waals surface area contributed by atoms with Crippen molar-refractivity contribution < 1.29 is 14.3 Å². The molecule has 0 aliphatic rings. The minimum absolute atomic E-state index is 0.158. The Kier molecular flexibility index (Phi) is 5.73. The van der Waals surface area contributed by atoms with Gasteiger partial charge in [-0.1, -0.05) is 23.5 Å². The molecule has 1 amide bonds. The highest BCUT2D eigenvalue weighted by atomic mass is 32.1. The molecule has 3 aromatic rings. The van der Waals surface area contributed by atoms with Gasteiger partial charge in [-0.2, -0.15) is 4.99 Å². The third kappa shape index (κ3) is 3.96. The third-order valence-corrected chi connectivity index (χ3v) is 5.06. The highest BCUT2D eigenvalue weighted by molar-refractivity contribution is 7.16. The molecule has 0 aliphatic heterocycles. The van der Waals surface area contributed by atoms with E-state index in [0.717, 1.165) is 33.8 Å². The molecule has 5 nitrogen and oxygen atoms in total. The van der Waals surface area contributed by atoms with E-state index in [9.17, 15) is 4.79 Å². The maximum atomic E-state index is 12.4. The Labute approximate surface area is 156 Å². The van der Waals surface area contributed by atoms with Crippen molar-refractivity contribution in [1.29, 1.82) is 0 Å². The van der Waals surface area contributed by atoms with Crippen LogP contribution in [0.2, 0.25) is 0 Å². The fourth-order valence-corrected chi connectivity index (χ4v) is 3.90. The largest absolute Gasteiger partial charge is 0.497 e. The molecule has 26 heavy (non-hydrogen) atoms. The highest BCUT2D eigenvalue weighted by Crippen LogP contribution is 2.23. The topological polar surface area (TPSA) is 52.8 Å². The normalized spacial score (nSPS) is 11.7. The number of hydrogen-bond donors (Lipinski definition) is 0. The molecule has 1 heterocycles. The summed E-state index contributed by atoms with van der Waals surface area (Å²) in [6.07, 6.45) is 0.272. The monoisotopic (exact) mass is 370 g/mol. The van der Waals surface area contributed by atoms with Crippen LogP contribution in [0, 0.1) is 0 Å². The van der Waals surface area contributed by atoms with Gasteiger partial charge in [0, 0.05) is 6.54 Å². The van der Waals surface area contributed by atoms with Gasteiger partial charge < -0.3 is 14.0 Å². The van der Waals surface area contributed by atoms with E-state index in [1.807, 2.05) is 56.3 Å². The van der Waals surface area contributed by atoms with Gasteiger partial charge in [-0.25, -0.2) is 0 Å². The number of aryl methyl sites for hydroxylation is 1. The third-order valence-electron chi connectivity index (χ3n) is 4.02. The van der Waals surface area contributed by atoms with Crippen LogP contribution in [0.3, 0.4) is 0 Å². The maximum absolute atomic E-state index is 12.4. The number of nitrogens with zero attached hydrogens (tertiary/aromatic N) is 2. The number of fused-ring (bicyclic) bond motifs is 1. The first-order chi connectivity index (χ1) is 12.6. The van der Waals surface area contributed by atoms with Gasteiger partial charge in [0.2, 0.25) is 0 Å². The van der Waals surface area contributed by atoms with E-state index in [4.69, 9.17) is 9.47 Å². The number of aromatic nitrogens is 1. The summed E-state index contributed by atoms with van der Waals surface area (Å²) in [5.41, 5.74) is 1.99. The fourth-order valence-electron chi connectivity index (χ4n) is 2.76. The Morgan fingerprint density at radius 2 is 1.85 bits per heavy atom. The quantitative estimate of drug-likeness (QED) is 0.663. The number of carbonyl (C=O) groups excluding carboxylic acids is 1. The molecule has 0 bridgehead atoms.